The maximum absolute atomic E-state index is 13.2. The molecule has 0 bridgehead atoms. The van der Waals surface area contributed by atoms with Crippen LogP contribution in [0.4, 0.5) is 27.2 Å². The van der Waals surface area contributed by atoms with E-state index in [1.165, 1.54) is 23.1 Å². The maximum Gasteiger partial charge on any atom is 0.534 e. The van der Waals surface area contributed by atoms with E-state index >= 15 is 0 Å². The van der Waals surface area contributed by atoms with Gasteiger partial charge in [0, 0.05) is 18.6 Å². The van der Waals surface area contributed by atoms with Crippen molar-refractivity contribution in [3.63, 3.8) is 0 Å². The maximum atomic E-state index is 13.2. The van der Waals surface area contributed by atoms with Crippen LogP contribution in [0.1, 0.15) is 101 Å². The molecule has 0 spiro atoms. The molecule has 0 aliphatic carbocycles. The second-order valence-electron chi connectivity index (χ2n) is 16.5. The summed E-state index contributed by atoms with van der Waals surface area (Å²) in [6.45, 7) is 20.9. The van der Waals surface area contributed by atoms with Crippen molar-refractivity contribution >= 4 is 52.0 Å². The lowest BCUT2D eigenvalue weighted by molar-refractivity contribution is -0.193. The lowest BCUT2D eigenvalue weighted by atomic mass is 9.79. The Labute approximate surface area is 328 Å². The van der Waals surface area contributed by atoms with Crippen molar-refractivity contribution < 1.29 is 78.0 Å². The molecule has 0 radical (unpaired) electrons. The van der Waals surface area contributed by atoms with Gasteiger partial charge in [0.25, 0.3) is 11.8 Å². The number of imide groups is 2. The van der Waals surface area contributed by atoms with E-state index in [2.05, 4.69) is 4.18 Å². The average Bonchev–Trinajstić information content (AvgIpc) is 2.98. The first-order valence-corrected chi connectivity index (χ1v) is 18.3. The van der Waals surface area contributed by atoms with Crippen LogP contribution in [0.3, 0.4) is 0 Å². The number of ether oxygens (including phenoxy) is 2. The third-order valence-corrected chi connectivity index (χ3v) is 8.38. The van der Waals surface area contributed by atoms with Crippen LogP contribution in [0.25, 0.3) is 5.57 Å². The van der Waals surface area contributed by atoms with Crippen LogP contribution < -0.4 is 0 Å². The molecule has 1 aromatic rings. The number of carbonyl (C=O) groups excluding carboxylic acids is 8. The van der Waals surface area contributed by atoms with E-state index in [-0.39, 0.29) is 29.6 Å². The van der Waals surface area contributed by atoms with Gasteiger partial charge in [-0.3, -0.25) is 9.59 Å². The number of halogens is 4. The van der Waals surface area contributed by atoms with Gasteiger partial charge in [-0.2, -0.15) is 40.8 Å². The van der Waals surface area contributed by atoms with Crippen LogP contribution in [0.2, 0.25) is 0 Å². The second kappa shape index (κ2) is 19.8. The highest BCUT2D eigenvalue weighted by molar-refractivity contribution is 7.87. The van der Waals surface area contributed by atoms with Gasteiger partial charge >= 0.3 is 40.1 Å². The zero-order chi connectivity index (χ0) is 45.1. The van der Waals surface area contributed by atoms with Crippen LogP contribution >= 0.6 is 0 Å². The van der Waals surface area contributed by atoms with Crippen LogP contribution in [0.5, 0.6) is 0 Å². The lowest BCUT2D eigenvalue weighted by Crippen LogP contribution is -2.53. The predicted octanol–water partition coefficient (Wildman–Crippen LogP) is 6.94. The molecule has 0 saturated heterocycles. The summed E-state index contributed by atoms with van der Waals surface area (Å²) in [6.07, 6.45) is 0.988. The summed E-state index contributed by atoms with van der Waals surface area (Å²) in [5, 5.41) is 0. The summed E-state index contributed by atoms with van der Waals surface area (Å²) in [7, 11) is -5.91. The van der Waals surface area contributed by atoms with Crippen molar-refractivity contribution in [2.75, 3.05) is 0 Å². The van der Waals surface area contributed by atoms with Crippen molar-refractivity contribution in [3.8, 4) is 0 Å². The second-order valence-corrected chi connectivity index (χ2v) is 18.0. The standard InChI is InChI=1S/C20H26FNO3.C15H22F3NO6S.2CO2/c1-19(2,3)16-11-14(13-7-9-15(21)10-8-13)12-17(23)22(16)18(24)25-20(4,5)6;1-13(2,3)10-7-9(25-26(22,23)15(16,17)18)8-11(20)19(10)12(21)24-14(4,5)6;2*2-1-3/h7-10,12,16H,11H2,1-6H3;8,10H,7H2,1-6H3;;/t16-;10-;;/m11../s1. The summed E-state index contributed by atoms with van der Waals surface area (Å²) in [5.41, 5.74) is -6.74. The molecule has 57 heavy (non-hydrogen) atoms. The van der Waals surface area contributed by atoms with Crippen LogP contribution in [0.15, 0.2) is 42.2 Å². The Morgan fingerprint density at radius 1 is 0.667 bits per heavy atom. The van der Waals surface area contributed by atoms with Gasteiger partial charge in [0.2, 0.25) is 0 Å². The summed E-state index contributed by atoms with van der Waals surface area (Å²) in [5.74, 6) is -2.43. The van der Waals surface area contributed by atoms with Gasteiger partial charge < -0.3 is 13.7 Å². The highest BCUT2D eigenvalue weighted by Gasteiger charge is 2.51. The summed E-state index contributed by atoms with van der Waals surface area (Å²) < 4.78 is 87.7. The van der Waals surface area contributed by atoms with Crippen molar-refractivity contribution in [3.05, 3.63) is 53.6 Å². The van der Waals surface area contributed by atoms with Gasteiger partial charge in [0.15, 0.2) is 0 Å². The monoisotopic (exact) mass is 836 g/mol. The molecular weight excluding hydrogens is 788 g/mol. The SMILES string of the molecule is CC(C)(C)OC(=O)N1C(=O)C=C(OS(=O)(=O)C(F)(F)F)C[C@@H]1C(C)(C)C.CC(C)(C)OC(=O)N1C(=O)C=C(c2ccc(F)cc2)C[C@@H]1C(C)(C)C.O=C=O.O=C=O. The molecular formula is C37H48F4N2O13S. The third kappa shape index (κ3) is 16.8. The Kier molecular flexibility index (Phi) is 18.0. The Hall–Kier alpha value is -5.19. The first-order valence-electron chi connectivity index (χ1n) is 16.9. The third-order valence-electron chi connectivity index (χ3n) is 7.38. The van der Waals surface area contributed by atoms with Crippen LogP contribution in [-0.4, -0.2) is 83.3 Å². The molecule has 2 heterocycles. The number of amides is 4. The number of benzene rings is 1. The van der Waals surface area contributed by atoms with E-state index in [9.17, 15) is 45.2 Å². The minimum atomic E-state index is -5.91. The number of nitrogens with zero attached hydrogens (tertiary/aromatic N) is 2. The smallest absolute Gasteiger partial charge is 0.443 e. The number of rotatable bonds is 3. The van der Waals surface area contributed by atoms with Gasteiger partial charge in [-0.25, -0.2) is 23.8 Å². The highest BCUT2D eigenvalue weighted by atomic mass is 32.2. The molecule has 0 aromatic heterocycles. The number of hydrogen-bond donors (Lipinski definition) is 0. The van der Waals surface area contributed by atoms with E-state index in [4.69, 9.17) is 28.7 Å². The topological polar surface area (TPSA) is 205 Å². The summed E-state index contributed by atoms with van der Waals surface area (Å²) in [6, 6.07) is 4.72. The molecule has 0 fully saturated rings. The Morgan fingerprint density at radius 3 is 1.35 bits per heavy atom. The van der Waals surface area contributed by atoms with Crippen LogP contribution in [-0.2, 0) is 52.5 Å². The quantitative estimate of drug-likeness (QED) is 0.172. The largest absolute Gasteiger partial charge is 0.534 e. The summed E-state index contributed by atoms with van der Waals surface area (Å²) >= 11 is 0. The van der Waals surface area contributed by atoms with Gasteiger partial charge in [-0.15, -0.1) is 0 Å². The molecule has 2 atom stereocenters. The van der Waals surface area contributed by atoms with E-state index in [1.807, 2.05) is 20.8 Å². The minimum Gasteiger partial charge on any atom is -0.443 e. The van der Waals surface area contributed by atoms with Gasteiger partial charge in [-0.05, 0) is 82.1 Å². The molecule has 3 rings (SSSR count). The van der Waals surface area contributed by atoms with Crippen molar-refractivity contribution in [1.82, 2.24) is 9.80 Å². The van der Waals surface area contributed by atoms with Crippen molar-refractivity contribution in [2.24, 2.45) is 10.8 Å². The first-order chi connectivity index (χ1) is 25.6. The van der Waals surface area contributed by atoms with E-state index in [1.54, 1.807) is 74.4 Å². The van der Waals surface area contributed by atoms with Crippen molar-refractivity contribution in [1.29, 1.82) is 0 Å². The molecule has 20 heteroatoms. The molecule has 318 valence electrons. The fourth-order valence-corrected chi connectivity index (χ4v) is 5.48. The molecule has 0 N–H and O–H groups in total. The van der Waals surface area contributed by atoms with Gasteiger partial charge in [0.1, 0.15) is 22.8 Å². The predicted molar refractivity (Wildman–Crippen MR) is 190 cm³/mol. The summed E-state index contributed by atoms with van der Waals surface area (Å²) in [4.78, 5) is 84.4. The van der Waals surface area contributed by atoms with E-state index in [0.717, 1.165) is 16.0 Å². The van der Waals surface area contributed by atoms with E-state index < -0.39 is 74.5 Å². The number of alkyl halides is 3. The molecule has 15 nitrogen and oxygen atoms in total. The molecule has 1 aromatic carbocycles. The fourth-order valence-electron chi connectivity index (χ4n) is 4.99. The molecule has 0 unspecified atom stereocenters. The molecule has 2 aliphatic heterocycles. The van der Waals surface area contributed by atoms with Crippen LogP contribution in [0, 0.1) is 16.6 Å². The zero-order valence-corrected chi connectivity index (χ0v) is 34.5. The minimum absolute atomic E-state index is 0.250. The van der Waals surface area contributed by atoms with Gasteiger partial charge in [0.05, 0.1) is 12.1 Å². The number of carbonyl (C=O) groups is 4. The number of hydrogen-bond acceptors (Lipinski definition) is 13. The Bertz CT molecular complexity index is 1840. The Balaban J connectivity index is 0.000000966. The molecule has 4 amide bonds. The van der Waals surface area contributed by atoms with Crippen molar-refractivity contribution in [2.45, 2.75) is 125 Å². The first kappa shape index (κ1) is 51.8. The fraction of sp³-hybridized carbons (Fsp3) is 0.568. The normalized spacial score (nSPS) is 17.6. The van der Waals surface area contributed by atoms with Gasteiger partial charge in [-0.1, -0.05) is 53.7 Å². The lowest BCUT2D eigenvalue weighted by Gasteiger charge is -2.41. The van der Waals surface area contributed by atoms with E-state index in [0.29, 0.717) is 12.5 Å². The molecule has 2 aliphatic rings. The Morgan fingerprint density at radius 2 is 1.02 bits per heavy atom. The average molecular weight is 837 g/mol. The zero-order valence-electron chi connectivity index (χ0n) is 33.7. The molecule has 0 saturated carbocycles. The highest BCUT2D eigenvalue weighted by Crippen LogP contribution is 2.38.